The summed E-state index contributed by atoms with van der Waals surface area (Å²) in [6.07, 6.45) is 1.15. The molecule has 1 radical (unpaired) electrons. The molecule has 0 spiro atoms. The molecule has 4 heteroatoms. The van der Waals surface area contributed by atoms with Crippen LogP contribution in [-0.2, 0) is 6.42 Å². The summed E-state index contributed by atoms with van der Waals surface area (Å²) in [5.74, 6) is 0. The van der Waals surface area contributed by atoms with Crippen LogP contribution in [0.5, 0.6) is 0 Å². The Morgan fingerprint density at radius 3 is 1.91 bits per heavy atom. The van der Waals surface area contributed by atoms with Gasteiger partial charge in [0.2, 0.25) is 0 Å². The summed E-state index contributed by atoms with van der Waals surface area (Å²) < 4.78 is 1.25. The molecule has 0 amide bonds. The molecule has 0 aromatic heterocycles. The van der Waals surface area contributed by atoms with Gasteiger partial charge in [0.25, 0.3) is 0 Å². The number of hydrogen-bond acceptors (Lipinski definition) is 3. The Balaban J connectivity index is 0.000000639. The Morgan fingerprint density at radius 1 is 1.05 bits per heavy atom. The Morgan fingerprint density at radius 2 is 1.50 bits per heavy atom. The second kappa shape index (κ2) is 12.9. The minimum atomic E-state index is 0. The first-order valence-electron chi connectivity index (χ1n) is 7.63. The molecule has 3 nitrogen and oxygen atoms in total. The SMILES string of the molecule is CC(N)c1cc2ccccc2cc1C[CH2][Sn+2].CC[O-].CC[O-]. The third-order valence-corrected chi connectivity index (χ3v) is 3.61. The maximum absolute atomic E-state index is 8.93. The molecule has 0 saturated carbocycles. The van der Waals surface area contributed by atoms with Crippen LogP contribution in [0.1, 0.15) is 37.9 Å². The fraction of sp³-hybridized carbons (Fsp3) is 0.444. The van der Waals surface area contributed by atoms with E-state index >= 15 is 0 Å². The van der Waals surface area contributed by atoms with Crippen LogP contribution in [0.4, 0.5) is 0 Å². The van der Waals surface area contributed by atoms with Gasteiger partial charge in [-0.05, 0) is 0 Å². The van der Waals surface area contributed by atoms with Crippen LogP contribution in [0.3, 0.4) is 0 Å². The van der Waals surface area contributed by atoms with E-state index in [-0.39, 0.29) is 19.3 Å². The van der Waals surface area contributed by atoms with Gasteiger partial charge in [0.1, 0.15) is 0 Å². The molecule has 0 saturated heterocycles. The second-order valence-corrected chi connectivity index (χ2v) is 6.19. The van der Waals surface area contributed by atoms with Crippen LogP contribution < -0.4 is 15.9 Å². The molecule has 0 aliphatic carbocycles. The zero-order valence-corrected chi connectivity index (χ0v) is 16.6. The minimum Gasteiger partial charge on any atom is -0.855 e. The molecule has 0 fully saturated rings. The first-order chi connectivity index (χ1) is 10.5. The molecule has 2 N–H and O–H groups in total. The van der Waals surface area contributed by atoms with E-state index in [1.54, 1.807) is 36.4 Å². The van der Waals surface area contributed by atoms with E-state index in [4.69, 9.17) is 15.9 Å². The van der Waals surface area contributed by atoms with E-state index in [0.717, 1.165) is 6.42 Å². The number of nitrogens with two attached hydrogens (primary N) is 1. The molecule has 0 aliphatic rings. The van der Waals surface area contributed by atoms with Crippen molar-refractivity contribution in [1.82, 2.24) is 0 Å². The van der Waals surface area contributed by atoms with Crippen LogP contribution in [0.15, 0.2) is 36.4 Å². The first kappa shape index (κ1) is 21.4. The summed E-state index contributed by atoms with van der Waals surface area (Å²) in [5, 5.41) is 20.5. The molecule has 0 bridgehead atoms. The molecule has 119 valence electrons. The van der Waals surface area contributed by atoms with Crippen molar-refractivity contribution in [2.24, 2.45) is 5.73 Å². The van der Waals surface area contributed by atoms with Crippen molar-refractivity contribution in [2.75, 3.05) is 13.2 Å². The predicted octanol–water partition coefficient (Wildman–Crippen LogP) is 1.72. The van der Waals surface area contributed by atoms with E-state index in [1.807, 2.05) is 0 Å². The molecular formula is C18H26NO2Sn. The minimum absolute atomic E-state index is 0. The summed E-state index contributed by atoms with van der Waals surface area (Å²) >= 11 is 1.59. The third kappa shape index (κ3) is 7.58. The zero-order chi connectivity index (χ0) is 17.0. The molecule has 2 aromatic carbocycles. The van der Waals surface area contributed by atoms with Crippen LogP contribution >= 0.6 is 0 Å². The summed E-state index contributed by atoms with van der Waals surface area (Å²) in [7, 11) is 0. The van der Waals surface area contributed by atoms with Crippen molar-refractivity contribution >= 4 is 33.3 Å². The second-order valence-electron chi connectivity index (χ2n) is 4.76. The Labute approximate surface area is 147 Å². The predicted molar refractivity (Wildman–Crippen MR) is 91.9 cm³/mol. The smallest absolute Gasteiger partial charge is 0.0809 e. The van der Waals surface area contributed by atoms with Crippen LogP contribution in [0, 0.1) is 0 Å². The monoisotopic (exact) mass is 408 g/mol. The van der Waals surface area contributed by atoms with E-state index in [2.05, 4.69) is 43.3 Å². The van der Waals surface area contributed by atoms with Gasteiger partial charge in [-0.1, -0.05) is 13.8 Å². The van der Waals surface area contributed by atoms with Crippen molar-refractivity contribution in [3.63, 3.8) is 0 Å². The zero-order valence-electron chi connectivity index (χ0n) is 13.8. The number of aryl methyl sites for hydroxylation is 1. The van der Waals surface area contributed by atoms with Crippen molar-refractivity contribution in [1.29, 1.82) is 0 Å². The summed E-state index contributed by atoms with van der Waals surface area (Å²) in [4.78, 5) is 0. The standard InChI is InChI=1S/C14H16N.2C2H5O.Sn/c1-3-11-8-12-6-4-5-7-13(12)9-14(11)10(2)15;2*1-2-3;/h4-10H,1,3,15H2,2H3;2*2H2,1H3;/q;2*-1;+2. The van der Waals surface area contributed by atoms with Crippen LogP contribution in [0.2, 0.25) is 4.44 Å². The average Bonchev–Trinajstić information content (AvgIpc) is 2.48. The number of rotatable bonds is 3. The first-order valence-corrected chi connectivity index (χ1v) is 9.65. The quantitative estimate of drug-likeness (QED) is 0.788. The molecule has 22 heavy (non-hydrogen) atoms. The Kier molecular flexibility index (Phi) is 12.5. The normalized spacial score (nSPS) is 11.0. The van der Waals surface area contributed by atoms with Crippen LogP contribution in [-0.4, -0.2) is 35.7 Å². The van der Waals surface area contributed by atoms with Gasteiger partial charge in [-0.3, -0.25) is 0 Å². The Hall–Kier alpha value is -0.621. The van der Waals surface area contributed by atoms with Gasteiger partial charge < -0.3 is 10.2 Å². The van der Waals surface area contributed by atoms with Crippen LogP contribution in [0.25, 0.3) is 10.8 Å². The van der Waals surface area contributed by atoms with E-state index < -0.39 is 0 Å². The number of benzene rings is 2. The third-order valence-electron chi connectivity index (χ3n) is 2.89. The average molecular weight is 407 g/mol. The molecule has 1 atom stereocenters. The van der Waals surface area contributed by atoms with Gasteiger partial charge in [-0.15, -0.1) is 13.2 Å². The molecule has 0 heterocycles. The van der Waals surface area contributed by atoms with Crippen molar-refractivity contribution in [3.8, 4) is 0 Å². The number of hydrogen-bond donors (Lipinski definition) is 1. The summed E-state index contributed by atoms with van der Waals surface area (Å²) in [6, 6.07) is 13.2. The maximum Gasteiger partial charge on any atom is -0.0809 e. The Bertz CT molecular complexity index is 527. The molecule has 2 rings (SSSR count). The van der Waals surface area contributed by atoms with Crippen molar-refractivity contribution < 1.29 is 10.2 Å². The maximum atomic E-state index is 8.93. The van der Waals surface area contributed by atoms with Crippen molar-refractivity contribution in [3.05, 3.63) is 47.5 Å². The molecule has 2 aromatic rings. The summed E-state index contributed by atoms with van der Waals surface area (Å²) in [5.41, 5.74) is 8.77. The number of fused-ring (bicyclic) bond motifs is 1. The summed E-state index contributed by atoms with van der Waals surface area (Å²) in [6.45, 7) is 5.21. The van der Waals surface area contributed by atoms with Crippen molar-refractivity contribution in [2.45, 2.75) is 37.7 Å². The molecular weight excluding hydrogens is 381 g/mol. The molecule has 0 aliphatic heterocycles. The van der Waals surface area contributed by atoms with Gasteiger partial charge in [-0.2, -0.15) is 0 Å². The van der Waals surface area contributed by atoms with E-state index in [1.165, 1.54) is 26.3 Å². The van der Waals surface area contributed by atoms with E-state index in [9.17, 15) is 0 Å². The topological polar surface area (TPSA) is 72.1 Å². The molecule has 1 unspecified atom stereocenters. The fourth-order valence-corrected chi connectivity index (χ4v) is 2.85. The largest absolute Gasteiger partial charge is 0.855 e. The van der Waals surface area contributed by atoms with Gasteiger partial charge in [-0.25, -0.2) is 0 Å². The van der Waals surface area contributed by atoms with Gasteiger partial charge in [0.05, 0.1) is 0 Å². The fourth-order valence-electron chi connectivity index (χ4n) is 2.08. The van der Waals surface area contributed by atoms with Gasteiger partial charge in [0.15, 0.2) is 0 Å². The van der Waals surface area contributed by atoms with Gasteiger partial charge in [0, 0.05) is 0 Å². The van der Waals surface area contributed by atoms with E-state index in [0.29, 0.717) is 0 Å². The van der Waals surface area contributed by atoms with Gasteiger partial charge >= 0.3 is 110 Å².